The Morgan fingerprint density at radius 1 is 1.08 bits per heavy atom. The molecule has 0 saturated carbocycles. The monoisotopic (exact) mass is 524 g/mol. The van der Waals surface area contributed by atoms with Gasteiger partial charge in [0, 0.05) is 11.3 Å². The average Bonchev–Trinajstić information content (AvgIpc) is 3.31. The molecule has 3 amide bonds. The molecule has 0 unspecified atom stereocenters. The number of nitrogens with zero attached hydrogens (tertiary/aromatic N) is 2. The maximum atomic E-state index is 12.9. The van der Waals surface area contributed by atoms with Crippen LogP contribution >= 0.6 is 22.9 Å². The van der Waals surface area contributed by atoms with Crippen molar-refractivity contribution in [1.29, 1.82) is 0 Å². The van der Waals surface area contributed by atoms with E-state index in [0.29, 0.717) is 27.5 Å². The van der Waals surface area contributed by atoms with Gasteiger partial charge in [-0.25, -0.2) is 14.7 Å². The highest BCUT2D eigenvalue weighted by Gasteiger charge is 2.39. The summed E-state index contributed by atoms with van der Waals surface area (Å²) in [5.41, 5.74) is 2.52. The second-order valence-corrected chi connectivity index (χ2v) is 9.16. The maximum absolute atomic E-state index is 12.9. The summed E-state index contributed by atoms with van der Waals surface area (Å²) >= 11 is 7.22. The molecule has 0 radical (unpaired) electrons. The molecule has 0 atom stereocenters. The molecule has 11 heteroatoms. The fourth-order valence-corrected chi connectivity index (χ4v) is 4.54. The van der Waals surface area contributed by atoms with Gasteiger partial charge in [0.05, 0.1) is 18.0 Å². The predicted octanol–water partition coefficient (Wildman–Crippen LogP) is 4.62. The first-order valence-corrected chi connectivity index (χ1v) is 12.1. The second kappa shape index (κ2) is 10.3. The van der Waals surface area contributed by atoms with Crippen molar-refractivity contribution >= 4 is 63.1 Å². The lowest BCUT2D eigenvalue weighted by Crippen LogP contribution is -2.32. The highest BCUT2D eigenvalue weighted by molar-refractivity contribution is 7.17. The molecule has 0 spiro atoms. The molecule has 0 saturated heterocycles. The van der Waals surface area contributed by atoms with Crippen LogP contribution in [0.1, 0.15) is 38.2 Å². The number of nitrogens with one attached hydrogen (secondary N) is 2. The molecular formula is C25H21ClN4O5S. The molecule has 0 bridgehead atoms. The van der Waals surface area contributed by atoms with Crippen LogP contribution in [0.15, 0.2) is 59.3 Å². The number of amides is 3. The molecule has 0 aliphatic carbocycles. The van der Waals surface area contributed by atoms with Gasteiger partial charge in [0.1, 0.15) is 15.6 Å². The number of aromatic nitrogens is 1. The molecule has 36 heavy (non-hydrogen) atoms. The fourth-order valence-electron chi connectivity index (χ4n) is 3.47. The zero-order valence-electron chi connectivity index (χ0n) is 19.5. The first-order chi connectivity index (χ1) is 17.2. The molecule has 184 valence electrons. The third kappa shape index (κ3) is 5.00. The summed E-state index contributed by atoms with van der Waals surface area (Å²) in [4.78, 5) is 55.7. The van der Waals surface area contributed by atoms with Crippen LogP contribution in [0.25, 0.3) is 0 Å². The van der Waals surface area contributed by atoms with Crippen molar-refractivity contribution in [3.63, 3.8) is 0 Å². The van der Waals surface area contributed by atoms with Crippen molar-refractivity contribution in [2.24, 2.45) is 0 Å². The summed E-state index contributed by atoms with van der Waals surface area (Å²) in [5.74, 6) is -2.11. The molecule has 2 heterocycles. The lowest BCUT2D eigenvalue weighted by atomic mass is 10.2. The van der Waals surface area contributed by atoms with Crippen LogP contribution in [0.3, 0.4) is 0 Å². The Hall–Kier alpha value is -4.02. The van der Waals surface area contributed by atoms with Crippen LogP contribution in [0.2, 0.25) is 0 Å². The molecule has 1 aliphatic rings. The van der Waals surface area contributed by atoms with Gasteiger partial charge in [-0.15, -0.1) is 0 Å². The normalized spacial score (nSPS) is 13.3. The number of anilines is 3. The van der Waals surface area contributed by atoms with E-state index in [4.69, 9.17) is 16.3 Å². The number of ether oxygens (including phenoxy) is 1. The molecule has 1 aromatic heterocycles. The summed E-state index contributed by atoms with van der Waals surface area (Å²) in [6.07, 6.45) is 0. The largest absolute Gasteiger partial charge is 0.462 e. The lowest BCUT2D eigenvalue weighted by molar-refractivity contribution is -0.120. The lowest BCUT2D eigenvalue weighted by Gasteiger charge is -2.15. The van der Waals surface area contributed by atoms with Gasteiger partial charge in [0.15, 0.2) is 5.13 Å². The van der Waals surface area contributed by atoms with E-state index in [9.17, 15) is 19.2 Å². The second-order valence-electron chi connectivity index (χ2n) is 7.78. The maximum Gasteiger partial charge on any atom is 0.350 e. The number of imide groups is 1. The molecule has 0 fully saturated rings. The standard InChI is InChI=1S/C25H21ClN4O5S/c1-4-35-24(34)20-14(3)27-25(36-20)29-21(31)15-8-10-16(11-9-15)28-19-18(26)22(32)30(23(19)33)17-7-5-6-13(2)12-17/h5-12,28H,4H2,1-3H3,(H,27,29,31). The van der Waals surface area contributed by atoms with Crippen LogP contribution in [-0.2, 0) is 14.3 Å². The zero-order chi connectivity index (χ0) is 26.0. The molecule has 3 aromatic rings. The number of rotatable bonds is 7. The number of esters is 1. The van der Waals surface area contributed by atoms with Gasteiger partial charge in [0.2, 0.25) is 0 Å². The molecule has 1 aliphatic heterocycles. The summed E-state index contributed by atoms with van der Waals surface area (Å²) in [7, 11) is 0. The molecule has 4 rings (SSSR count). The van der Waals surface area contributed by atoms with E-state index in [2.05, 4.69) is 15.6 Å². The Labute approximate surface area is 215 Å². The van der Waals surface area contributed by atoms with Gasteiger partial charge < -0.3 is 10.1 Å². The number of thiazole rings is 1. The Morgan fingerprint density at radius 3 is 2.47 bits per heavy atom. The third-order valence-corrected chi connectivity index (χ3v) is 6.59. The number of hydrogen-bond donors (Lipinski definition) is 2. The smallest absolute Gasteiger partial charge is 0.350 e. The van der Waals surface area contributed by atoms with E-state index in [1.807, 2.05) is 13.0 Å². The number of halogens is 1. The van der Waals surface area contributed by atoms with Crippen LogP contribution in [-0.4, -0.2) is 35.3 Å². The minimum Gasteiger partial charge on any atom is -0.462 e. The van der Waals surface area contributed by atoms with Gasteiger partial charge in [-0.2, -0.15) is 0 Å². The van der Waals surface area contributed by atoms with Crippen LogP contribution in [0.5, 0.6) is 0 Å². The summed E-state index contributed by atoms with van der Waals surface area (Å²) in [6.45, 7) is 5.47. The molecular weight excluding hydrogens is 504 g/mol. The van der Waals surface area contributed by atoms with Crippen molar-refractivity contribution in [2.45, 2.75) is 20.8 Å². The van der Waals surface area contributed by atoms with E-state index in [1.165, 1.54) is 0 Å². The fraction of sp³-hybridized carbons (Fsp3) is 0.160. The van der Waals surface area contributed by atoms with Crippen molar-refractivity contribution < 1.29 is 23.9 Å². The Kier molecular flexibility index (Phi) is 7.18. The SMILES string of the molecule is CCOC(=O)c1sc(NC(=O)c2ccc(NC3=C(Cl)C(=O)N(c4cccc(C)c4)C3=O)cc2)nc1C. The molecule has 9 nitrogen and oxygen atoms in total. The van der Waals surface area contributed by atoms with Gasteiger partial charge >= 0.3 is 5.97 Å². The predicted molar refractivity (Wildman–Crippen MR) is 137 cm³/mol. The summed E-state index contributed by atoms with van der Waals surface area (Å²) < 4.78 is 4.99. The van der Waals surface area contributed by atoms with Gasteiger partial charge in [0.25, 0.3) is 17.7 Å². The van der Waals surface area contributed by atoms with Gasteiger partial charge in [-0.05, 0) is 62.7 Å². The van der Waals surface area contributed by atoms with E-state index < -0.39 is 23.7 Å². The number of carbonyl (C=O) groups excluding carboxylic acids is 4. The molecule has 2 N–H and O–H groups in total. The van der Waals surface area contributed by atoms with Crippen molar-refractivity contribution in [3.05, 3.63) is 81.0 Å². The van der Waals surface area contributed by atoms with E-state index in [0.717, 1.165) is 21.8 Å². The van der Waals surface area contributed by atoms with E-state index in [1.54, 1.807) is 56.3 Å². The van der Waals surface area contributed by atoms with Crippen LogP contribution in [0.4, 0.5) is 16.5 Å². The van der Waals surface area contributed by atoms with Crippen molar-refractivity contribution in [2.75, 3.05) is 22.1 Å². The van der Waals surface area contributed by atoms with Gasteiger partial charge in [-0.1, -0.05) is 35.1 Å². The quantitative estimate of drug-likeness (QED) is 0.342. The van der Waals surface area contributed by atoms with Gasteiger partial charge in [-0.3, -0.25) is 19.7 Å². The Balaban J connectivity index is 1.45. The van der Waals surface area contributed by atoms with E-state index >= 15 is 0 Å². The first kappa shape index (κ1) is 25.1. The highest BCUT2D eigenvalue weighted by atomic mass is 35.5. The number of hydrogen-bond acceptors (Lipinski definition) is 8. The topological polar surface area (TPSA) is 118 Å². The number of carbonyl (C=O) groups is 4. The summed E-state index contributed by atoms with van der Waals surface area (Å²) in [6, 6.07) is 13.2. The third-order valence-electron chi connectivity index (χ3n) is 5.18. The summed E-state index contributed by atoms with van der Waals surface area (Å²) in [5, 5.41) is 5.59. The minimum absolute atomic E-state index is 0.0508. The van der Waals surface area contributed by atoms with Crippen molar-refractivity contribution in [3.8, 4) is 0 Å². The van der Waals surface area contributed by atoms with Crippen LogP contribution in [0, 0.1) is 13.8 Å². The number of benzene rings is 2. The Morgan fingerprint density at radius 2 is 1.81 bits per heavy atom. The van der Waals surface area contributed by atoms with Crippen molar-refractivity contribution in [1.82, 2.24) is 4.98 Å². The van der Waals surface area contributed by atoms with Crippen LogP contribution < -0.4 is 15.5 Å². The van der Waals surface area contributed by atoms with E-state index in [-0.39, 0.29) is 22.5 Å². The zero-order valence-corrected chi connectivity index (χ0v) is 21.1. The Bertz CT molecular complexity index is 1410. The number of aryl methyl sites for hydroxylation is 2. The molecule has 2 aromatic carbocycles. The highest BCUT2D eigenvalue weighted by Crippen LogP contribution is 2.30. The first-order valence-electron chi connectivity index (χ1n) is 10.9. The average molecular weight is 525 g/mol. The minimum atomic E-state index is -0.619.